The maximum absolute atomic E-state index is 10.3. The predicted molar refractivity (Wildman–Crippen MR) is 57.7 cm³/mol. The van der Waals surface area contributed by atoms with Crippen LogP contribution in [0.5, 0.6) is 0 Å². The van der Waals surface area contributed by atoms with E-state index in [0.29, 0.717) is 6.42 Å². The molecule has 3 heteroatoms. The molecule has 0 spiro atoms. The molecule has 0 unspecified atom stereocenters. The van der Waals surface area contributed by atoms with Gasteiger partial charge in [0.05, 0.1) is 0 Å². The van der Waals surface area contributed by atoms with Gasteiger partial charge in [-0.3, -0.25) is 0 Å². The first kappa shape index (κ1) is 9.28. The standard InChI is InChI=1S/C11H10ClNO/c12-9-3-4-10-8(2-1-5-14)7-13-11(10)6-9/h3-7,13H,1-2H2. The quantitative estimate of drug-likeness (QED) is 0.772. The van der Waals surface area contributed by atoms with E-state index < -0.39 is 0 Å². The van der Waals surface area contributed by atoms with Gasteiger partial charge in [0.25, 0.3) is 0 Å². The second-order valence-corrected chi connectivity index (χ2v) is 3.65. The van der Waals surface area contributed by atoms with Crippen molar-refractivity contribution in [1.82, 2.24) is 4.98 Å². The molecular weight excluding hydrogens is 198 g/mol. The summed E-state index contributed by atoms with van der Waals surface area (Å²) in [6.45, 7) is 0. The largest absolute Gasteiger partial charge is 0.361 e. The topological polar surface area (TPSA) is 32.9 Å². The van der Waals surface area contributed by atoms with Crippen molar-refractivity contribution in [1.29, 1.82) is 0 Å². The lowest BCUT2D eigenvalue weighted by Crippen LogP contribution is -1.83. The molecule has 72 valence electrons. The maximum atomic E-state index is 10.3. The summed E-state index contributed by atoms with van der Waals surface area (Å²) in [7, 11) is 0. The fourth-order valence-electron chi connectivity index (χ4n) is 1.58. The molecule has 0 atom stereocenters. The van der Waals surface area contributed by atoms with Crippen molar-refractivity contribution in [3.8, 4) is 0 Å². The normalized spacial score (nSPS) is 10.6. The average molecular weight is 208 g/mol. The first-order valence-corrected chi connectivity index (χ1v) is 4.88. The highest BCUT2D eigenvalue weighted by Gasteiger charge is 2.02. The number of aldehydes is 1. The molecule has 0 saturated heterocycles. The van der Waals surface area contributed by atoms with Crippen molar-refractivity contribution in [3.05, 3.63) is 35.0 Å². The van der Waals surface area contributed by atoms with Crippen LogP contribution in [0.4, 0.5) is 0 Å². The Hall–Kier alpha value is -1.28. The predicted octanol–water partition coefficient (Wildman–Crippen LogP) is 2.95. The highest BCUT2D eigenvalue weighted by molar-refractivity contribution is 6.31. The SMILES string of the molecule is O=CCCc1c[nH]c2cc(Cl)ccc12. The molecule has 2 nitrogen and oxygen atoms in total. The van der Waals surface area contributed by atoms with Crippen LogP contribution in [0.1, 0.15) is 12.0 Å². The molecule has 1 heterocycles. The Labute approximate surface area is 86.9 Å². The Bertz CT molecular complexity index is 461. The molecule has 1 aromatic heterocycles. The number of rotatable bonds is 3. The molecule has 2 aromatic rings. The van der Waals surface area contributed by atoms with Crippen LogP contribution in [-0.4, -0.2) is 11.3 Å². The van der Waals surface area contributed by atoms with E-state index in [1.807, 2.05) is 24.4 Å². The van der Waals surface area contributed by atoms with Crippen LogP contribution in [-0.2, 0) is 11.2 Å². The van der Waals surface area contributed by atoms with E-state index in [1.54, 1.807) is 0 Å². The monoisotopic (exact) mass is 207 g/mol. The minimum atomic E-state index is 0.565. The van der Waals surface area contributed by atoms with E-state index in [0.717, 1.165) is 28.6 Å². The summed E-state index contributed by atoms with van der Waals surface area (Å²) in [5.41, 5.74) is 2.20. The summed E-state index contributed by atoms with van der Waals surface area (Å²) in [5.74, 6) is 0. The zero-order valence-corrected chi connectivity index (χ0v) is 8.34. The van der Waals surface area contributed by atoms with Gasteiger partial charge in [0.2, 0.25) is 0 Å². The third-order valence-electron chi connectivity index (χ3n) is 2.26. The van der Waals surface area contributed by atoms with Crippen molar-refractivity contribution in [2.24, 2.45) is 0 Å². The Morgan fingerprint density at radius 3 is 3.07 bits per heavy atom. The van der Waals surface area contributed by atoms with Gasteiger partial charge in [0, 0.05) is 28.5 Å². The smallest absolute Gasteiger partial charge is 0.120 e. The summed E-state index contributed by atoms with van der Waals surface area (Å²) in [4.78, 5) is 13.4. The number of carbonyl (C=O) groups is 1. The Morgan fingerprint density at radius 1 is 1.43 bits per heavy atom. The first-order chi connectivity index (χ1) is 6.81. The summed E-state index contributed by atoms with van der Waals surface area (Å²) < 4.78 is 0. The van der Waals surface area contributed by atoms with Crippen LogP contribution in [0, 0.1) is 0 Å². The van der Waals surface area contributed by atoms with Gasteiger partial charge < -0.3 is 9.78 Å². The maximum Gasteiger partial charge on any atom is 0.120 e. The van der Waals surface area contributed by atoms with Crippen molar-refractivity contribution >= 4 is 28.8 Å². The summed E-state index contributed by atoms with van der Waals surface area (Å²) >= 11 is 5.86. The fraction of sp³-hybridized carbons (Fsp3) is 0.182. The molecule has 0 bridgehead atoms. The summed E-state index contributed by atoms with van der Waals surface area (Å²) in [6.07, 6.45) is 4.22. The van der Waals surface area contributed by atoms with Crippen molar-refractivity contribution < 1.29 is 4.79 Å². The Kier molecular flexibility index (Phi) is 2.55. The molecule has 0 fully saturated rings. The number of fused-ring (bicyclic) bond motifs is 1. The number of aryl methyl sites for hydroxylation is 1. The molecule has 1 N–H and O–H groups in total. The minimum absolute atomic E-state index is 0.565. The fourth-order valence-corrected chi connectivity index (χ4v) is 1.75. The number of carbonyl (C=O) groups excluding carboxylic acids is 1. The molecular formula is C11H10ClNO. The van der Waals surface area contributed by atoms with Gasteiger partial charge in [0.15, 0.2) is 0 Å². The van der Waals surface area contributed by atoms with Gasteiger partial charge in [-0.05, 0) is 24.1 Å². The van der Waals surface area contributed by atoms with Crippen LogP contribution in [0.3, 0.4) is 0 Å². The van der Waals surface area contributed by atoms with Crippen molar-refractivity contribution in [2.75, 3.05) is 0 Å². The molecule has 0 aliphatic rings. The molecule has 0 amide bonds. The Morgan fingerprint density at radius 2 is 2.29 bits per heavy atom. The number of aromatic nitrogens is 1. The third kappa shape index (κ3) is 1.66. The molecule has 14 heavy (non-hydrogen) atoms. The minimum Gasteiger partial charge on any atom is -0.361 e. The molecule has 0 aliphatic carbocycles. The number of aromatic amines is 1. The van der Waals surface area contributed by atoms with E-state index in [4.69, 9.17) is 11.6 Å². The van der Waals surface area contributed by atoms with Crippen LogP contribution in [0.2, 0.25) is 5.02 Å². The number of hydrogen-bond donors (Lipinski definition) is 1. The number of nitrogens with one attached hydrogen (secondary N) is 1. The second-order valence-electron chi connectivity index (χ2n) is 3.21. The Balaban J connectivity index is 2.42. The lowest BCUT2D eigenvalue weighted by atomic mass is 10.1. The molecule has 0 saturated carbocycles. The van der Waals surface area contributed by atoms with Gasteiger partial charge >= 0.3 is 0 Å². The lowest BCUT2D eigenvalue weighted by Gasteiger charge is -1.95. The number of benzene rings is 1. The molecule has 0 radical (unpaired) electrons. The number of H-pyrrole nitrogens is 1. The van der Waals surface area contributed by atoms with Crippen LogP contribution in [0.25, 0.3) is 10.9 Å². The molecule has 1 aromatic carbocycles. The van der Waals surface area contributed by atoms with Gasteiger partial charge in [0.1, 0.15) is 6.29 Å². The van der Waals surface area contributed by atoms with E-state index in [1.165, 1.54) is 5.56 Å². The van der Waals surface area contributed by atoms with Gasteiger partial charge in [-0.15, -0.1) is 0 Å². The van der Waals surface area contributed by atoms with E-state index in [-0.39, 0.29) is 0 Å². The zero-order chi connectivity index (χ0) is 9.97. The van der Waals surface area contributed by atoms with Gasteiger partial charge in [-0.25, -0.2) is 0 Å². The zero-order valence-electron chi connectivity index (χ0n) is 7.59. The van der Waals surface area contributed by atoms with E-state index in [2.05, 4.69) is 4.98 Å². The third-order valence-corrected chi connectivity index (χ3v) is 2.50. The first-order valence-electron chi connectivity index (χ1n) is 4.50. The summed E-state index contributed by atoms with van der Waals surface area (Å²) in [6, 6.07) is 5.73. The van der Waals surface area contributed by atoms with Gasteiger partial charge in [-0.1, -0.05) is 17.7 Å². The van der Waals surface area contributed by atoms with E-state index >= 15 is 0 Å². The second kappa shape index (κ2) is 3.84. The highest BCUT2D eigenvalue weighted by Crippen LogP contribution is 2.22. The van der Waals surface area contributed by atoms with Crippen molar-refractivity contribution in [3.63, 3.8) is 0 Å². The van der Waals surface area contributed by atoms with Crippen LogP contribution in [0.15, 0.2) is 24.4 Å². The van der Waals surface area contributed by atoms with Crippen molar-refractivity contribution in [2.45, 2.75) is 12.8 Å². The summed E-state index contributed by atoms with van der Waals surface area (Å²) in [5, 5.41) is 1.87. The highest BCUT2D eigenvalue weighted by atomic mass is 35.5. The van der Waals surface area contributed by atoms with Crippen LogP contribution >= 0.6 is 11.6 Å². The van der Waals surface area contributed by atoms with E-state index in [9.17, 15) is 4.79 Å². The molecule has 0 aliphatic heterocycles. The van der Waals surface area contributed by atoms with Gasteiger partial charge in [-0.2, -0.15) is 0 Å². The molecule has 2 rings (SSSR count). The number of halogens is 1. The lowest BCUT2D eigenvalue weighted by molar-refractivity contribution is -0.107. The number of hydrogen-bond acceptors (Lipinski definition) is 1. The van der Waals surface area contributed by atoms with Crippen LogP contribution < -0.4 is 0 Å². The average Bonchev–Trinajstić information content (AvgIpc) is 2.57.